The normalized spacial score (nSPS) is 32.2. The average molecular weight is 164 g/mol. The Labute approximate surface area is 62.9 Å². The van der Waals surface area contributed by atoms with Crippen molar-refractivity contribution in [2.75, 3.05) is 6.54 Å². The lowest BCUT2D eigenvalue weighted by Crippen LogP contribution is -2.61. The zero-order chi connectivity index (χ0) is 8.48. The molecule has 0 bridgehead atoms. The Morgan fingerprint density at radius 2 is 2.27 bits per heavy atom. The summed E-state index contributed by atoms with van der Waals surface area (Å²) in [6.07, 6.45) is -2.19. The fraction of sp³-hybridized carbons (Fsp3) is 0.833. The number of carbonyl (C=O) groups is 1. The van der Waals surface area contributed by atoms with Gasteiger partial charge in [-0.1, -0.05) is 0 Å². The standard InChI is InChI=1S/C6H10F2N2O/c7-4(8)6(9)2-1-3-10-5(6)11/h4H,1-3,9H2,(H,10,11)/t6-/m0/s1. The van der Waals surface area contributed by atoms with Gasteiger partial charge in [-0.2, -0.15) is 0 Å². The van der Waals surface area contributed by atoms with Gasteiger partial charge in [0.15, 0.2) is 5.54 Å². The number of carbonyl (C=O) groups excluding carboxylic acids is 1. The average Bonchev–Trinajstić information content (AvgIpc) is 1.95. The summed E-state index contributed by atoms with van der Waals surface area (Å²) in [5.74, 6) is -0.737. The zero-order valence-corrected chi connectivity index (χ0v) is 5.94. The summed E-state index contributed by atoms with van der Waals surface area (Å²) in [7, 11) is 0. The molecular weight excluding hydrogens is 154 g/mol. The van der Waals surface area contributed by atoms with E-state index >= 15 is 0 Å². The van der Waals surface area contributed by atoms with E-state index in [1.165, 1.54) is 0 Å². The highest BCUT2D eigenvalue weighted by atomic mass is 19.3. The molecule has 1 heterocycles. The van der Waals surface area contributed by atoms with Crippen LogP contribution >= 0.6 is 0 Å². The van der Waals surface area contributed by atoms with E-state index in [4.69, 9.17) is 5.73 Å². The van der Waals surface area contributed by atoms with Gasteiger partial charge >= 0.3 is 0 Å². The molecule has 3 N–H and O–H groups in total. The van der Waals surface area contributed by atoms with Crippen molar-refractivity contribution in [1.29, 1.82) is 0 Å². The van der Waals surface area contributed by atoms with Gasteiger partial charge in [0.05, 0.1) is 0 Å². The van der Waals surface area contributed by atoms with Crippen molar-refractivity contribution in [2.45, 2.75) is 24.8 Å². The number of nitrogens with two attached hydrogens (primary N) is 1. The second kappa shape index (κ2) is 2.73. The second-order valence-electron chi connectivity index (χ2n) is 2.70. The molecule has 1 fully saturated rings. The Morgan fingerprint density at radius 3 is 2.64 bits per heavy atom. The van der Waals surface area contributed by atoms with Crippen LogP contribution in [0.2, 0.25) is 0 Å². The van der Waals surface area contributed by atoms with E-state index in [1.807, 2.05) is 0 Å². The molecule has 1 saturated heterocycles. The maximum atomic E-state index is 12.2. The van der Waals surface area contributed by atoms with Crippen molar-refractivity contribution in [3.8, 4) is 0 Å². The van der Waals surface area contributed by atoms with Gasteiger partial charge in [0.1, 0.15) is 0 Å². The van der Waals surface area contributed by atoms with Crippen molar-refractivity contribution in [3.63, 3.8) is 0 Å². The molecule has 0 saturated carbocycles. The molecule has 64 valence electrons. The summed E-state index contributed by atoms with van der Waals surface area (Å²) in [4.78, 5) is 10.8. The number of amides is 1. The molecule has 5 heteroatoms. The van der Waals surface area contributed by atoms with Gasteiger partial charge in [-0.05, 0) is 12.8 Å². The van der Waals surface area contributed by atoms with Crippen LogP contribution in [0.5, 0.6) is 0 Å². The summed E-state index contributed by atoms with van der Waals surface area (Å²) >= 11 is 0. The molecule has 1 amide bonds. The van der Waals surface area contributed by atoms with E-state index in [9.17, 15) is 13.6 Å². The first-order valence-corrected chi connectivity index (χ1v) is 3.43. The van der Waals surface area contributed by atoms with E-state index in [0.717, 1.165) is 0 Å². The Morgan fingerprint density at radius 1 is 1.64 bits per heavy atom. The molecule has 1 aliphatic heterocycles. The van der Waals surface area contributed by atoms with Gasteiger partial charge < -0.3 is 11.1 Å². The monoisotopic (exact) mass is 164 g/mol. The van der Waals surface area contributed by atoms with Gasteiger partial charge in [0, 0.05) is 6.54 Å². The Bertz CT molecular complexity index is 174. The van der Waals surface area contributed by atoms with Crippen molar-refractivity contribution in [1.82, 2.24) is 5.32 Å². The van der Waals surface area contributed by atoms with Crippen molar-refractivity contribution >= 4 is 5.91 Å². The Hall–Kier alpha value is -0.710. The summed E-state index contributed by atoms with van der Waals surface area (Å²) in [5, 5.41) is 2.31. The van der Waals surface area contributed by atoms with E-state index in [2.05, 4.69) is 5.32 Å². The van der Waals surface area contributed by atoms with Crippen LogP contribution in [0, 0.1) is 0 Å². The third-order valence-electron chi connectivity index (χ3n) is 1.86. The van der Waals surface area contributed by atoms with Crippen molar-refractivity contribution in [3.05, 3.63) is 0 Å². The van der Waals surface area contributed by atoms with Crippen LogP contribution in [0.25, 0.3) is 0 Å². The van der Waals surface area contributed by atoms with Crippen LogP contribution in [-0.4, -0.2) is 24.4 Å². The molecule has 0 aromatic rings. The minimum atomic E-state index is -2.78. The maximum Gasteiger partial charge on any atom is 0.265 e. The number of rotatable bonds is 1. The molecule has 1 aliphatic rings. The third-order valence-corrected chi connectivity index (χ3v) is 1.86. The summed E-state index contributed by atoms with van der Waals surface area (Å²) in [6.45, 7) is 0.449. The minimum Gasteiger partial charge on any atom is -0.354 e. The van der Waals surface area contributed by atoms with Gasteiger partial charge in [0.25, 0.3) is 6.43 Å². The van der Waals surface area contributed by atoms with Gasteiger partial charge in [-0.3, -0.25) is 4.79 Å². The molecule has 1 atom stereocenters. The summed E-state index contributed by atoms with van der Waals surface area (Å²) in [5.41, 5.74) is 3.24. The lowest BCUT2D eigenvalue weighted by molar-refractivity contribution is -0.134. The van der Waals surface area contributed by atoms with Crippen molar-refractivity contribution in [2.24, 2.45) is 5.73 Å². The number of nitrogens with one attached hydrogen (secondary N) is 1. The molecule has 3 nitrogen and oxygen atoms in total. The molecule has 0 spiro atoms. The lowest BCUT2D eigenvalue weighted by Gasteiger charge is -2.30. The molecule has 0 aliphatic carbocycles. The molecule has 0 aromatic heterocycles. The highest BCUT2D eigenvalue weighted by Gasteiger charge is 2.44. The molecular formula is C6H10F2N2O. The molecule has 0 unspecified atom stereocenters. The Kier molecular flexibility index (Phi) is 2.08. The first kappa shape index (κ1) is 8.39. The molecule has 11 heavy (non-hydrogen) atoms. The van der Waals surface area contributed by atoms with E-state index in [1.54, 1.807) is 0 Å². The van der Waals surface area contributed by atoms with Crippen LogP contribution in [0.4, 0.5) is 8.78 Å². The van der Waals surface area contributed by atoms with E-state index in [0.29, 0.717) is 13.0 Å². The predicted molar refractivity (Wildman–Crippen MR) is 35.2 cm³/mol. The SMILES string of the molecule is N[C@]1(C(F)F)CCCNC1=O. The summed E-state index contributed by atoms with van der Waals surface area (Å²) < 4.78 is 24.3. The molecule has 0 radical (unpaired) electrons. The van der Waals surface area contributed by atoms with Crippen LogP contribution in [0.15, 0.2) is 0 Å². The number of halogens is 2. The first-order chi connectivity index (χ1) is 5.07. The lowest BCUT2D eigenvalue weighted by atomic mass is 9.91. The van der Waals surface area contributed by atoms with Crippen LogP contribution in [0.3, 0.4) is 0 Å². The van der Waals surface area contributed by atoms with Gasteiger partial charge in [-0.25, -0.2) is 8.78 Å². The molecule has 1 rings (SSSR count). The predicted octanol–water partition coefficient (Wildman–Crippen LogP) is -0.141. The topological polar surface area (TPSA) is 55.1 Å². The smallest absolute Gasteiger partial charge is 0.265 e. The maximum absolute atomic E-state index is 12.2. The fourth-order valence-electron chi connectivity index (χ4n) is 1.07. The largest absolute Gasteiger partial charge is 0.354 e. The van der Waals surface area contributed by atoms with Gasteiger partial charge in [-0.15, -0.1) is 0 Å². The van der Waals surface area contributed by atoms with Gasteiger partial charge in [0.2, 0.25) is 5.91 Å². The minimum absolute atomic E-state index is 0.0660. The zero-order valence-electron chi connectivity index (χ0n) is 5.94. The first-order valence-electron chi connectivity index (χ1n) is 3.43. The number of hydrogen-bond donors (Lipinski definition) is 2. The van der Waals surface area contributed by atoms with E-state index < -0.39 is 17.9 Å². The number of piperidine rings is 1. The number of alkyl halides is 2. The highest BCUT2D eigenvalue weighted by molar-refractivity contribution is 5.87. The highest BCUT2D eigenvalue weighted by Crippen LogP contribution is 2.21. The van der Waals surface area contributed by atoms with Crippen LogP contribution in [0.1, 0.15) is 12.8 Å². The quantitative estimate of drug-likeness (QED) is 0.566. The van der Waals surface area contributed by atoms with Crippen molar-refractivity contribution < 1.29 is 13.6 Å². The second-order valence-corrected chi connectivity index (χ2v) is 2.70. The third kappa shape index (κ3) is 1.33. The number of hydrogen-bond acceptors (Lipinski definition) is 2. The van der Waals surface area contributed by atoms with Crippen LogP contribution in [-0.2, 0) is 4.79 Å². The fourth-order valence-corrected chi connectivity index (χ4v) is 1.07. The molecule has 0 aromatic carbocycles. The summed E-state index contributed by atoms with van der Waals surface area (Å²) in [6, 6.07) is 0. The van der Waals surface area contributed by atoms with Crippen LogP contribution < -0.4 is 11.1 Å². The van der Waals surface area contributed by atoms with E-state index in [-0.39, 0.29) is 6.42 Å². The Balaban J connectivity index is 2.73.